The highest BCUT2D eigenvalue weighted by atomic mass is 127. The van der Waals surface area contributed by atoms with E-state index in [-0.39, 0.29) is 12.1 Å². The second-order valence-electron chi connectivity index (χ2n) is 3.89. The monoisotopic (exact) mass is 336 g/mol. The van der Waals surface area contributed by atoms with Crippen LogP contribution < -0.4 is 0 Å². The van der Waals surface area contributed by atoms with Gasteiger partial charge in [0.1, 0.15) is 0 Å². The molecule has 1 aliphatic rings. The number of carbonyl (C=O) groups excluding carboxylic acids is 1. The van der Waals surface area contributed by atoms with E-state index in [9.17, 15) is 4.79 Å². The summed E-state index contributed by atoms with van der Waals surface area (Å²) in [6, 6.07) is 15.5. The third-order valence-corrected chi connectivity index (χ3v) is 3.86. The van der Waals surface area contributed by atoms with Crippen LogP contribution in [0.5, 0.6) is 0 Å². The highest BCUT2D eigenvalue weighted by Gasteiger charge is 2.32. The average Bonchev–Trinajstić information content (AvgIpc) is 2.68. The van der Waals surface area contributed by atoms with Gasteiger partial charge in [0.2, 0.25) is 0 Å². The second-order valence-corrected chi connectivity index (χ2v) is 5.06. The summed E-state index contributed by atoms with van der Waals surface area (Å²) in [6.07, 6.45) is -0.258. The zero-order valence-electron chi connectivity index (χ0n) is 8.89. The second kappa shape index (κ2) is 4.14. The SMILES string of the molecule is O=C1O[C@H](c2ccccc2I)c2ccccc21. The number of hydrogen-bond donors (Lipinski definition) is 0. The molecule has 0 fully saturated rings. The molecule has 0 amide bonds. The highest BCUT2D eigenvalue weighted by Crippen LogP contribution is 2.37. The number of halogens is 1. The Morgan fingerprint density at radius 1 is 0.941 bits per heavy atom. The third kappa shape index (κ3) is 1.74. The maximum Gasteiger partial charge on any atom is 0.339 e. The fraction of sp³-hybridized carbons (Fsp3) is 0.0714. The molecule has 0 aliphatic carbocycles. The van der Waals surface area contributed by atoms with E-state index in [1.165, 1.54) is 0 Å². The summed E-state index contributed by atoms with van der Waals surface area (Å²) < 4.78 is 6.57. The number of cyclic esters (lactones) is 1. The van der Waals surface area contributed by atoms with Crippen LogP contribution in [0.15, 0.2) is 48.5 Å². The van der Waals surface area contributed by atoms with Crippen molar-refractivity contribution in [3.63, 3.8) is 0 Å². The molecule has 1 aliphatic heterocycles. The predicted molar refractivity (Wildman–Crippen MR) is 72.9 cm³/mol. The van der Waals surface area contributed by atoms with Gasteiger partial charge in [0.15, 0.2) is 6.10 Å². The first-order valence-corrected chi connectivity index (χ1v) is 6.39. The molecule has 2 aromatic rings. The van der Waals surface area contributed by atoms with Crippen LogP contribution in [0.4, 0.5) is 0 Å². The van der Waals surface area contributed by atoms with Crippen molar-refractivity contribution < 1.29 is 9.53 Å². The van der Waals surface area contributed by atoms with Crippen LogP contribution in [0.3, 0.4) is 0 Å². The number of fused-ring (bicyclic) bond motifs is 1. The molecule has 0 saturated carbocycles. The molecular formula is C14H9IO2. The third-order valence-electron chi connectivity index (χ3n) is 2.88. The van der Waals surface area contributed by atoms with Crippen molar-refractivity contribution in [3.05, 3.63) is 68.8 Å². The van der Waals surface area contributed by atoms with Gasteiger partial charge in [-0.25, -0.2) is 4.79 Å². The van der Waals surface area contributed by atoms with Gasteiger partial charge in [-0.05, 0) is 34.7 Å². The highest BCUT2D eigenvalue weighted by molar-refractivity contribution is 14.1. The van der Waals surface area contributed by atoms with E-state index in [4.69, 9.17) is 4.74 Å². The quantitative estimate of drug-likeness (QED) is 0.588. The Kier molecular flexibility index (Phi) is 2.63. The van der Waals surface area contributed by atoms with Crippen LogP contribution in [0, 0.1) is 3.57 Å². The van der Waals surface area contributed by atoms with Crippen molar-refractivity contribution in [2.45, 2.75) is 6.10 Å². The lowest BCUT2D eigenvalue weighted by Crippen LogP contribution is -2.02. The lowest BCUT2D eigenvalue weighted by molar-refractivity contribution is 0.0454. The van der Waals surface area contributed by atoms with Gasteiger partial charge in [0, 0.05) is 14.7 Å². The molecule has 2 nitrogen and oxygen atoms in total. The molecule has 17 heavy (non-hydrogen) atoms. The van der Waals surface area contributed by atoms with Crippen LogP contribution >= 0.6 is 22.6 Å². The molecule has 0 unspecified atom stereocenters. The molecule has 0 radical (unpaired) electrons. The van der Waals surface area contributed by atoms with E-state index in [1.54, 1.807) is 0 Å². The molecular weight excluding hydrogens is 327 g/mol. The molecule has 2 aromatic carbocycles. The van der Waals surface area contributed by atoms with Gasteiger partial charge in [-0.3, -0.25) is 0 Å². The van der Waals surface area contributed by atoms with Crippen LogP contribution in [0.25, 0.3) is 0 Å². The molecule has 0 spiro atoms. The zero-order chi connectivity index (χ0) is 11.8. The molecule has 1 heterocycles. The number of ether oxygens (including phenoxy) is 1. The van der Waals surface area contributed by atoms with Crippen LogP contribution in [0.2, 0.25) is 0 Å². The van der Waals surface area contributed by atoms with Gasteiger partial charge in [0.05, 0.1) is 5.56 Å². The van der Waals surface area contributed by atoms with Crippen molar-refractivity contribution in [2.75, 3.05) is 0 Å². The molecule has 0 N–H and O–H groups in total. The van der Waals surface area contributed by atoms with E-state index in [2.05, 4.69) is 22.6 Å². The summed E-state index contributed by atoms with van der Waals surface area (Å²) in [5, 5.41) is 0. The van der Waals surface area contributed by atoms with Gasteiger partial charge in [-0.15, -0.1) is 0 Å². The molecule has 3 heteroatoms. The molecule has 1 atom stereocenters. The molecule has 84 valence electrons. The minimum absolute atomic E-state index is 0.231. The Morgan fingerprint density at radius 2 is 1.59 bits per heavy atom. The van der Waals surface area contributed by atoms with Crippen molar-refractivity contribution in [1.82, 2.24) is 0 Å². The summed E-state index contributed by atoms with van der Waals surface area (Å²) in [6.45, 7) is 0. The van der Waals surface area contributed by atoms with Crippen molar-refractivity contribution in [3.8, 4) is 0 Å². The molecule has 0 aromatic heterocycles. The Hall–Kier alpha value is -1.36. The standard InChI is InChI=1S/C14H9IO2/c15-12-8-4-3-7-11(12)13-9-5-1-2-6-10(9)14(16)17-13/h1-8,13H/t13-/m0/s1. The normalized spacial score (nSPS) is 17.7. The smallest absolute Gasteiger partial charge is 0.339 e. The molecule has 3 rings (SSSR count). The number of benzene rings is 2. The largest absolute Gasteiger partial charge is 0.449 e. The van der Waals surface area contributed by atoms with Gasteiger partial charge in [-0.2, -0.15) is 0 Å². The zero-order valence-corrected chi connectivity index (χ0v) is 11.0. The summed E-state index contributed by atoms with van der Waals surface area (Å²) in [7, 11) is 0. The van der Waals surface area contributed by atoms with Crippen molar-refractivity contribution in [2.24, 2.45) is 0 Å². The molecule has 0 bridgehead atoms. The van der Waals surface area contributed by atoms with Gasteiger partial charge in [0.25, 0.3) is 0 Å². The van der Waals surface area contributed by atoms with E-state index < -0.39 is 0 Å². The maximum absolute atomic E-state index is 11.7. The van der Waals surface area contributed by atoms with Crippen LogP contribution in [-0.4, -0.2) is 5.97 Å². The van der Waals surface area contributed by atoms with E-state index in [0.29, 0.717) is 5.56 Å². The average molecular weight is 336 g/mol. The summed E-state index contributed by atoms with van der Waals surface area (Å²) >= 11 is 2.26. The Labute approximate surface area is 113 Å². The number of rotatable bonds is 1. The van der Waals surface area contributed by atoms with Crippen LogP contribution in [-0.2, 0) is 4.74 Å². The van der Waals surface area contributed by atoms with Gasteiger partial charge < -0.3 is 4.74 Å². The minimum atomic E-state index is -0.258. The Balaban J connectivity index is 2.14. The predicted octanol–water partition coefficient (Wildman–Crippen LogP) is 3.55. The van der Waals surface area contributed by atoms with E-state index in [1.807, 2.05) is 48.5 Å². The first kappa shape index (κ1) is 10.8. The fourth-order valence-corrected chi connectivity index (χ4v) is 2.73. The van der Waals surface area contributed by atoms with E-state index in [0.717, 1.165) is 14.7 Å². The van der Waals surface area contributed by atoms with Gasteiger partial charge >= 0.3 is 5.97 Å². The lowest BCUT2D eigenvalue weighted by Gasteiger charge is -2.12. The first-order chi connectivity index (χ1) is 8.27. The number of esters is 1. The van der Waals surface area contributed by atoms with Crippen molar-refractivity contribution in [1.29, 1.82) is 0 Å². The van der Waals surface area contributed by atoms with Crippen LogP contribution in [0.1, 0.15) is 27.6 Å². The summed E-state index contributed by atoms with van der Waals surface area (Å²) in [5.74, 6) is -0.231. The fourth-order valence-electron chi connectivity index (χ4n) is 2.06. The molecule has 0 saturated heterocycles. The lowest BCUT2D eigenvalue weighted by atomic mass is 9.99. The van der Waals surface area contributed by atoms with Crippen molar-refractivity contribution >= 4 is 28.6 Å². The first-order valence-electron chi connectivity index (χ1n) is 5.31. The van der Waals surface area contributed by atoms with Gasteiger partial charge in [-0.1, -0.05) is 36.4 Å². The Bertz CT molecular complexity index is 592. The van der Waals surface area contributed by atoms with E-state index >= 15 is 0 Å². The summed E-state index contributed by atoms with van der Waals surface area (Å²) in [5.41, 5.74) is 2.69. The number of hydrogen-bond acceptors (Lipinski definition) is 2. The number of carbonyl (C=O) groups is 1. The minimum Gasteiger partial charge on any atom is -0.449 e. The Morgan fingerprint density at radius 3 is 2.35 bits per heavy atom. The topological polar surface area (TPSA) is 26.3 Å². The maximum atomic E-state index is 11.7. The summed E-state index contributed by atoms with van der Waals surface area (Å²) in [4.78, 5) is 11.7.